The maximum Gasteiger partial charge on any atom is 0.341 e. The van der Waals surface area contributed by atoms with Crippen LogP contribution in [0.15, 0.2) is 65.9 Å². The number of carbonyl (C=O) groups is 1. The molecule has 26 heavy (non-hydrogen) atoms. The Labute approximate surface area is 162 Å². The van der Waals surface area contributed by atoms with Crippen molar-refractivity contribution < 1.29 is 14.3 Å². The van der Waals surface area contributed by atoms with E-state index in [0.29, 0.717) is 11.3 Å². The first-order valence-electron chi connectivity index (χ1n) is 7.89. The van der Waals surface area contributed by atoms with Crippen LogP contribution in [0.25, 0.3) is 5.57 Å². The zero-order valence-corrected chi connectivity index (χ0v) is 16.6. The molecule has 0 saturated heterocycles. The van der Waals surface area contributed by atoms with Gasteiger partial charge in [0.15, 0.2) is 0 Å². The van der Waals surface area contributed by atoms with Crippen LogP contribution in [0.5, 0.6) is 0 Å². The second-order valence-corrected chi connectivity index (χ2v) is 7.14. The van der Waals surface area contributed by atoms with Crippen LogP contribution in [-0.4, -0.2) is 30.8 Å². The molecule has 0 aliphatic heterocycles. The summed E-state index contributed by atoms with van der Waals surface area (Å²) in [6.07, 6.45) is 3.42. The highest BCUT2D eigenvalue weighted by Gasteiger charge is 2.17. The molecule has 0 saturated carbocycles. The first-order chi connectivity index (χ1) is 12.7. The van der Waals surface area contributed by atoms with Crippen LogP contribution in [0, 0.1) is 0 Å². The molecule has 0 aliphatic rings. The van der Waals surface area contributed by atoms with E-state index in [2.05, 4.69) is 4.99 Å². The Balaban J connectivity index is 2.23. The zero-order chi connectivity index (χ0) is 18.8. The number of ether oxygens (including phenoxy) is 2. The molecule has 0 spiro atoms. The van der Waals surface area contributed by atoms with E-state index in [9.17, 15) is 4.79 Å². The standard InChI is InChI=1S/C20H21NO3S2/c1-23-13-18(19(22)24-2)17-12-8-7-9-15(17)14-26-20(25-3)21-16-10-5-4-6-11-16/h4-13H,14H2,1-3H3. The number of benzene rings is 2. The molecule has 136 valence electrons. The van der Waals surface area contributed by atoms with E-state index in [1.807, 2.05) is 60.9 Å². The van der Waals surface area contributed by atoms with Gasteiger partial charge in [0.2, 0.25) is 0 Å². The second-order valence-electron chi connectivity index (χ2n) is 5.12. The van der Waals surface area contributed by atoms with Crippen LogP contribution in [0.4, 0.5) is 5.69 Å². The minimum absolute atomic E-state index is 0.400. The lowest BCUT2D eigenvalue weighted by Crippen LogP contribution is -2.06. The fourth-order valence-corrected chi connectivity index (χ4v) is 3.79. The third-order valence-electron chi connectivity index (χ3n) is 3.45. The SMILES string of the molecule is COC=C(C(=O)OC)c1ccccc1CSC(=Nc1ccccc1)SC. The molecule has 0 amide bonds. The average molecular weight is 388 g/mol. The van der Waals surface area contributed by atoms with Gasteiger partial charge in [0, 0.05) is 5.75 Å². The van der Waals surface area contributed by atoms with Crippen molar-refractivity contribution in [2.24, 2.45) is 4.99 Å². The Morgan fingerprint density at radius 3 is 2.42 bits per heavy atom. The molecule has 4 nitrogen and oxygen atoms in total. The van der Waals surface area contributed by atoms with E-state index < -0.39 is 5.97 Å². The Hall–Kier alpha value is -2.18. The monoisotopic (exact) mass is 387 g/mol. The quantitative estimate of drug-likeness (QED) is 0.226. The number of rotatable bonds is 6. The summed E-state index contributed by atoms with van der Waals surface area (Å²) in [6.45, 7) is 0. The lowest BCUT2D eigenvalue weighted by atomic mass is 10.0. The Kier molecular flexibility index (Phi) is 8.31. The van der Waals surface area contributed by atoms with Crippen molar-refractivity contribution in [2.45, 2.75) is 5.75 Å². The topological polar surface area (TPSA) is 47.9 Å². The number of hydrogen-bond donors (Lipinski definition) is 0. The first kappa shape index (κ1) is 20.1. The molecule has 0 atom stereocenters. The summed E-state index contributed by atoms with van der Waals surface area (Å²) < 4.78 is 10.9. The van der Waals surface area contributed by atoms with Crippen molar-refractivity contribution in [3.63, 3.8) is 0 Å². The maximum atomic E-state index is 12.1. The van der Waals surface area contributed by atoms with E-state index >= 15 is 0 Å². The van der Waals surface area contributed by atoms with Crippen molar-refractivity contribution in [1.29, 1.82) is 0 Å². The molecule has 2 aromatic carbocycles. The van der Waals surface area contributed by atoms with Crippen LogP contribution >= 0.6 is 23.5 Å². The molecule has 0 aliphatic carbocycles. The van der Waals surface area contributed by atoms with Crippen molar-refractivity contribution in [1.82, 2.24) is 0 Å². The molecular weight excluding hydrogens is 366 g/mol. The van der Waals surface area contributed by atoms with E-state index in [0.717, 1.165) is 21.2 Å². The van der Waals surface area contributed by atoms with Gasteiger partial charge in [-0.1, -0.05) is 54.2 Å². The van der Waals surface area contributed by atoms with Gasteiger partial charge in [0.25, 0.3) is 0 Å². The van der Waals surface area contributed by atoms with E-state index in [1.54, 1.807) is 23.5 Å². The van der Waals surface area contributed by atoms with Crippen molar-refractivity contribution in [3.05, 3.63) is 72.0 Å². The van der Waals surface area contributed by atoms with Crippen molar-refractivity contribution in [3.8, 4) is 0 Å². The van der Waals surface area contributed by atoms with Crippen LogP contribution in [-0.2, 0) is 20.0 Å². The van der Waals surface area contributed by atoms with Gasteiger partial charge < -0.3 is 9.47 Å². The van der Waals surface area contributed by atoms with Gasteiger partial charge in [0.1, 0.15) is 9.95 Å². The molecule has 0 fully saturated rings. The minimum atomic E-state index is -0.424. The molecule has 6 heteroatoms. The number of hydrogen-bond acceptors (Lipinski definition) is 6. The molecule has 0 unspecified atom stereocenters. The number of nitrogens with zero attached hydrogens (tertiary/aromatic N) is 1. The van der Waals surface area contributed by atoms with Gasteiger partial charge >= 0.3 is 5.97 Å². The largest absolute Gasteiger partial charge is 0.503 e. The smallest absolute Gasteiger partial charge is 0.341 e. The summed E-state index contributed by atoms with van der Waals surface area (Å²) >= 11 is 3.23. The normalized spacial score (nSPS) is 12.0. The van der Waals surface area contributed by atoms with E-state index in [4.69, 9.17) is 9.47 Å². The number of esters is 1. The molecule has 0 bridgehead atoms. The van der Waals surface area contributed by atoms with E-state index in [1.165, 1.54) is 20.5 Å². The van der Waals surface area contributed by atoms with Gasteiger partial charge in [-0.3, -0.25) is 0 Å². The fourth-order valence-electron chi connectivity index (χ4n) is 2.24. The highest BCUT2D eigenvalue weighted by Crippen LogP contribution is 2.28. The lowest BCUT2D eigenvalue weighted by Gasteiger charge is -2.11. The van der Waals surface area contributed by atoms with Gasteiger partial charge in [0.05, 0.1) is 26.2 Å². The zero-order valence-electron chi connectivity index (χ0n) is 15.0. The fraction of sp³-hybridized carbons (Fsp3) is 0.200. The van der Waals surface area contributed by atoms with Crippen LogP contribution in [0.2, 0.25) is 0 Å². The lowest BCUT2D eigenvalue weighted by molar-refractivity contribution is -0.133. The second kappa shape index (κ2) is 10.7. The van der Waals surface area contributed by atoms with Crippen LogP contribution in [0.1, 0.15) is 11.1 Å². The highest BCUT2D eigenvalue weighted by atomic mass is 32.2. The van der Waals surface area contributed by atoms with Gasteiger partial charge in [-0.15, -0.1) is 11.8 Å². The molecule has 2 rings (SSSR count). The summed E-state index contributed by atoms with van der Waals surface area (Å²) in [5, 5.41) is 0. The molecule has 2 aromatic rings. The number of methoxy groups -OCH3 is 2. The summed E-state index contributed by atoms with van der Waals surface area (Å²) in [4.78, 5) is 16.8. The minimum Gasteiger partial charge on any atom is -0.503 e. The Morgan fingerprint density at radius 2 is 1.77 bits per heavy atom. The maximum absolute atomic E-state index is 12.1. The number of carbonyl (C=O) groups excluding carboxylic acids is 1. The summed E-state index contributed by atoms with van der Waals surface area (Å²) in [5.41, 5.74) is 3.14. The van der Waals surface area contributed by atoms with Crippen LogP contribution in [0.3, 0.4) is 0 Å². The van der Waals surface area contributed by atoms with Crippen molar-refractivity contribution >= 4 is 45.1 Å². The first-order valence-corrected chi connectivity index (χ1v) is 10.1. The molecular formula is C20H21NO3S2. The van der Waals surface area contributed by atoms with E-state index in [-0.39, 0.29) is 0 Å². The third-order valence-corrected chi connectivity index (χ3v) is 5.54. The van der Waals surface area contributed by atoms with Gasteiger partial charge in [-0.05, 0) is 29.5 Å². The molecule has 0 aromatic heterocycles. The number of aliphatic imine (C=N–C) groups is 1. The highest BCUT2D eigenvalue weighted by molar-refractivity contribution is 8.38. The average Bonchev–Trinajstić information content (AvgIpc) is 2.70. The Bertz CT molecular complexity index is 789. The number of para-hydroxylation sites is 1. The third kappa shape index (κ3) is 5.68. The van der Waals surface area contributed by atoms with Crippen molar-refractivity contribution in [2.75, 3.05) is 20.5 Å². The number of thioether (sulfide) groups is 2. The van der Waals surface area contributed by atoms with Gasteiger partial charge in [-0.2, -0.15) is 0 Å². The predicted molar refractivity (Wildman–Crippen MR) is 112 cm³/mol. The van der Waals surface area contributed by atoms with Gasteiger partial charge in [-0.25, -0.2) is 9.79 Å². The molecule has 0 heterocycles. The molecule has 0 radical (unpaired) electrons. The summed E-state index contributed by atoms with van der Waals surface area (Å²) in [5.74, 6) is 0.258. The molecule has 0 N–H and O–H groups in total. The Morgan fingerprint density at radius 1 is 1.08 bits per heavy atom. The van der Waals surface area contributed by atoms with Crippen LogP contribution < -0.4 is 0 Å². The summed E-state index contributed by atoms with van der Waals surface area (Å²) in [6, 6.07) is 17.6. The summed E-state index contributed by atoms with van der Waals surface area (Å²) in [7, 11) is 2.88. The predicted octanol–water partition coefficient (Wildman–Crippen LogP) is 5.13.